The molecule has 1 aromatic carbocycles. The molecular weight excluding hydrogens is 232 g/mol. The van der Waals surface area contributed by atoms with E-state index in [4.69, 9.17) is 4.52 Å². The molecule has 0 aliphatic carbocycles. The Morgan fingerprint density at radius 3 is 2.78 bits per heavy atom. The van der Waals surface area contributed by atoms with Crippen molar-refractivity contribution in [3.8, 4) is 17.0 Å². The molecule has 3 rings (SSSR count). The van der Waals surface area contributed by atoms with Gasteiger partial charge in [-0.2, -0.15) is 0 Å². The van der Waals surface area contributed by atoms with Crippen LogP contribution >= 0.6 is 0 Å². The fourth-order valence-electron chi connectivity index (χ4n) is 2.05. The minimum Gasteiger partial charge on any atom is -0.506 e. The summed E-state index contributed by atoms with van der Waals surface area (Å²) in [4.78, 5) is 12.2. The first-order valence-corrected chi connectivity index (χ1v) is 5.41. The third-order valence-corrected chi connectivity index (χ3v) is 2.97. The highest BCUT2D eigenvalue weighted by Gasteiger charge is 2.17. The first-order valence-electron chi connectivity index (χ1n) is 5.41. The van der Waals surface area contributed by atoms with Crippen molar-refractivity contribution >= 4 is 10.9 Å². The van der Waals surface area contributed by atoms with Crippen LogP contribution in [0, 0.1) is 0 Å². The lowest BCUT2D eigenvalue weighted by atomic mass is 10.1. The summed E-state index contributed by atoms with van der Waals surface area (Å²) in [5.41, 5.74) is 0.858. The molecule has 90 valence electrons. The van der Waals surface area contributed by atoms with Gasteiger partial charge in [-0.1, -0.05) is 17.3 Å². The number of rotatable bonds is 1. The van der Waals surface area contributed by atoms with Gasteiger partial charge < -0.3 is 14.2 Å². The van der Waals surface area contributed by atoms with Crippen LogP contribution in [0.4, 0.5) is 0 Å². The Labute approximate surface area is 102 Å². The van der Waals surface area contributed by atoms with Gasteiger partial charge in [0, 0.05) is 18.5 Å². The molecule has 0 unspecified atom stereocenters. The first-order chi connectivity index (χ1) is 8.70. The topological polar surface area (TPSA) is 68.3 Å². The highest BCUT2D eigenvalue weighted by atomic mass is 16.5. The number of benzene rings is 1. The van der Waals surface area contributed by atoms with Crippen molar-refractivity contribution in [2.24, 2.45) is 7.05 Å². The molecule has 2 aromatic heterocycles. The van der Waals surface area contributed by atoms with E-state index in [1.807, 2.05) is 6.07 Å². The summed E-state index contributed by atoms with van der Waals surface area (Å²) in [6.07, 6.45) is 1.36. The van der Waals surface area contributed by atoms with Gasteiger partial charge in [0.1, 0.15) is 23.3 Å². The summed E-state index contributed by atoms with van der Waals surface area (Å²) in [5, 5.41) is 14.5. The highest BCUT2D eigenvalue weighted by Crippen LogP contribution is 2.31. The number of hydrogen-bond donors (Lipinski definition) is 1. The van der Waals surface area contributed by atoms with Crippen LogP contribution in [0.15, 0.2) is 45.9 Å². The SMILES string of the molecule is Cn1c(=O)c(-c2ccon2)c(O)c2ccccc21. The van der Waals surface area contributed by atoms with Crippen LogP contribution in [0.1, 0.15) is 0 Å². The number of fused-ring (bicyclic) bond motifs is 1. The van der Waals surface area contributed by atoms with E-state index in [1.54, 1.807) is 31.3 Å². The van der Waals surface area contributed by atoms with E-state index < -0.39 is 0 Å². The van der Waals surface area contributed by atoms with Crippen molar-refractivity contribution in [1.82, 2.24) is 9.72 Å². The molecule has 1 N–H and O–H groups in total. The third-order valence-electron chi connectivity index (χ3n) is 2.97. The number of nitrogens with zero attached hydrogens (tertiary/aromatic N) is 2. The Kier molecular flexibility index (Phi) is 2.19. The Balaban J connectivity index is 2.51. The first kappa shape index (κ1) is 10.6. The quantitative estimate of drug-likeness (QED) is 0.707. The molecule has 0 atom stereocenters. The Morgan fingerprint density at radius 2 is 2.06 bits per heavy atom. The van der Waals surface area contributed by atoms with E-state index in [9.17, 15) is 9.90 Å². The summed E-state index contributed by atoms with van der Waals surface area (Å²) in [7, 11) is 1.66. The van der Waals surface area contributed by atoms with Gasteiger partial charge in [0.25, 0.3) is 5.56 Å². The minimum absolute atomic E-state index is 0.0670. The van der Waals surface area contributed by atoms with Crippen molar-refractivity contribution in [1.29, 1.82) is 0 Å². The van der Waals surface area contributed by atoms with E-state index in [0.717, 1.165) is 0 Å². The number of pyridine rings is 1. The molecule has 0 fully saturated rings. The molecule has 5 nitrogen and oxygen atoms in total. The molecule has 2 heterocycles. The van der Waals surface area contributed by atoms with Crippen molar-refractivity contribution < 1.29 is 9.63 Å². The standard InChI is InChI=1S/C13H10N2O3/c1-15-10-5-3-2-4-8(10)12(16)11(13(15)17)9-6-7-18-14-9/h2-7,16H,1H3. The zero-order chi connectivity index (χ0) is 12.7. The van der Waals surface area contributed by atoms with Crippen molar-refractivity contribution in [2.75, 3.05) is 0 Å². The predicted molar refractivity (Wildman–Crippen MR) is 66.4 cm³/mol. The van der Waals surface area contributed by atoms with Crippen molar-refractivity contribution in [2.45, 2.75) is 0 Å². The second-order valence-corrected chi connectivity index (χ2v) is 3.99. The lowest BCUT2D eigenvalue weighted by Crippen LogP contribution is -2.19. The van der Waals surface area contributed by atoms with Gasteiger partial charge in [-0.3, -0.25) is 4.79 Å². The molecule has 0 amide bonds. The van der Waals surface area contributed by atoms with Crippen LogP contribution < -0.4 is 5.56 Å². The number of aryl methyl sites for hydroxylation is 1. The molecule has 0 spiro atoms. The summed E-state index contributed by atoms with van der Waals surface area (Å²) in [6, 6.07) is 8.71. The van der Waals surface area contributed by atoms with Crippen LogP contribution in [0.2, 0.25) is 0 Å². The molecule has 0 saturated carbocycles. The zero-order valence-corrected chi connectivity index (χ0v) is 9.62. The zero-order valence-electron chi connectivity index (χ0n) is 9.62. The summed E-state index contributed by atoms with van der Waals surface area (Å²) < 4.78 is 6.21. The number of hydrogen-bond acceptors (Lipinski definition) is 4. The van der Waals surface area contributed by atoms with Gasteiger partial charge in [0.2, 0.25) is 0 Å². The minimum atomic E-state index is -0.305. The maximum atomic E-state index is 12.2. The maximum Gasteiger partial charge on any atom is 0.264 e. The van der Waals surface area contributed by atoms with Gasteiger partial charge in [-0.05, 0) is 12.1 Å². The average molecular weight is 242 g/mol. The van der Waals surface area contributed by atoms with Gasteiger partial charge in [-0.15, -0.1) is 0 Å². The van der Waals surface area contributed by atoms with Crippen molar-refractivity contribution in [3.63, 3.8) is 0 Å². The maximum absolute atomic E-state index is 12.2. The lowest BCUT2D eigenvalue weighted by molar-refractivity contribution is 0.421. The molecule has 0 aliphatic rings. The molecule has 18 heavy (non-hydrogen) atoms. The van der Waals surface area contributed by atoms with Gasteiger partial charge in [-0.25, -0.2) is 0 Å². The fraction of sp³-hybridized carbons (Fsp3) is 0.0769. The summed E-state index contributed by atoms with van der Waals surface area (Å²) in [6.45, 7) is 0. The van der Waals surface area contributed by atoms with E-state index in [-0.39, 0.29) is 16.9 Å². The molecule has 0 saturated heterocycles. The van der Waals surface area contributed by atoms with Crippen LogP contribution in [0.5, 0.6) is 5.75 Å². The smallest absolute Gasteiger partial charge is 0.264 e. The van der Waals surface area contributed by atoms with Crippen LogP contribution in [-0.4, -0.2) is 14.8 Å². The normalized spacial score (nSPS) is 10.9. The largest absolute Gasteiger partial charge is 0.506 e. The summed E-state index contributed by atoms with van der Waals surface area (Å²) in [5.74, 6) is -0.0670. The molecule has 5 heteroatoms. The number of aromatic nitrogens is 2. The average Bonchev–Trinajstić information content (AvgIpc) is 2.90. The molecule has 3 aromatic rings. The van der Waals surface area contributed by atoms with Gasteiger partial charge >= 0.3 is 0 Å². The fourth-order valence-corrected chi connectivity index (χ4v) is 2.05. The Morgan fingerprint density at radius 1 is 1.28 bits per heavy atom. The van der Waals surface area contributed by atoms with Gasteiger partial charge in [0.15, 0.2) is 0 Å². The number of para-hydroxylation sites is 1. The third kappa shape index (κ3) is 1.34. The van der Waals surface area contributed by atoms with Crippen LogP contribution in [0.25, 0.3) is 22.2 Å². The van der Waals surface area contributed by atoms with Crippen molar-refractivity contribution in [3.05, 3.63) is 46.9 Å². The van der Waals surface area contributed by atoms with E-state index in [1.165, 1.54) is 10.8 Å². The highest BCUT2D eigenvalue weighted by molar-refractivity contribution is 5.91. The van der Waals surface area contributed by atoms with E-state index in [2.05, 4.69) is 5.16 Å². The van der Waals surface area contributed by atoms with E-state index in [0.29, 0.717) is 16.6 Å². The molecule has 0 bridgehead atoms. The second-order valence-electron chi connectivity index (χ2n) is 3.99. The lowest BCUT2D eigenvalue weighted by Gasteiger charge is -2.09. The second kappa shape index (κ2) is 3.73. The van der Waals surface area contributed by atoms with Crippen LogP contribution in [0.3, 0.4) is 0 Å². The molecule has 0 radical (unpaired) electrons. The van der Waals surface area contributed by atoms with E-state index >= 15 is 0 Å². The monoisotopic (exact) mass is 242 g/mol. The number of aromatic hydroxyl groups is 1. The summed E-state index contributed by atoms with van der Waals surface area (Å²) >= 11 is 0. The van der Waals surface area contributed by atoms with Gasteiger partial charge in [0.05, 0.1) is 5.52 Å². The Bertz CT molecular complexity index is 773. The Hall–Kier alpha value is -2.56. The van der Waals surface area contributed by atoms with Crippen LogP contribution in [-0.2, 0) is 7.05 Å². The molecular formula is C13H10N2O3. The molecule has 0 aliphatic heterocycles. The predicted octanol–water partition coefficient (Wildman–Crippen LogP) is 1.90.